The summed E-state index contributed by atoms with van der Waals surface area (Å²) in [5, 5.41) is 3.33. The summed E-state index contributed by atoms with van der Waals surface area (Å²) in [4.78, 5) is 0. The van der Waals surface area contributed by atoms with Gasteiger partial charge in [-0.15, -0.1) is 13.2 Å². The molecule has 1 rings (SSSR count). The minimum Gasteiger partial charge on any atom is -0.312 e. The van der Waals surface area contributed by atoms with Crippen LogP contribution in [0.2, 0.25) is 0 Å². The van der Waals surface area contributed by atoms with Crippen LogP contribution < -0.4 is 5.32 Å². The SMILES string of the molecule is CC(C)N[C@H]1CC[C@@H](OC(F)(F)F)CC1. The maximum absolute atomic E-state index is 11.9. The Morgan fingerprint density at radius 1 is 1.13 bits per heavy atom. The van der Waals surface area contributed by atoms with Crippen molar-refractivity contribution in [1.29, 1.82) is 0 Å². The lowest BCUT2D eigenvalue weighted by molar-refractivity contribution is -0.345. The summed E-state index contributed by atoms with van der Waals surface area (Å²) in [5.74, 6) is 0. The number of nitrogens with one attached hydrogen (secondary N) is 1. The summed E-state index contributed by atoms with van der Waals surface area (Å²) >= 11 is 0. The molecule has 1 aliphatic carbocycles. The van der Waals surface area contributed by atoms with E-state index in [0.717, 1.165) is 12.8 Å². The van der Waals surface area contributed by atoms with Crippen LogP contribution in [0.15, 0.2) is 0 Å². The molecule has 1 saturated carbocycles. The van der Waals surface area contributed by atoms with Crippen LogP contribution >= 0.6 is 0 Å². The third-order valence-electron chi connectivity index (χ3n) is 2.54. The van der Waals surface area contributed by atoms with Crippen LogP contribution in [0.3, 0.4) is 0 Å². The fourth-order valence-corrected chi connectivity index (χ4v) is 2.01. The standard InChI is InChI=1S/C10H18F3NO/c1-7(2)14-8-3-5-9(6-4-8)15-10(11,12)13/h7-9,14H,3-6H2,1-2H3/t8-,9+. The second-order valence-electron chi connectivity index (χ2n) is 4.36. The van der Waals surface area contributed by atoms with E-state index in [-0.39, 0.29) is 0 Å². The number of halogens is 3. The Morgan fingerprint density at radius 2 is 1.67 bits per heavy atom. The Balaban J connectivity index is 2.24. The largest absolute Gasteiger partial charge is 0.522 e. The van der Waals surface area contributed by atoms with Crippen LogP contribution in [-0.2, 0) is 4.74 Å². The van der Waals surface area contributed by atoms with Crippen LogP contribution in [0, 0.1) is 0 Å². The molecule has 90 valence electrons. The molecule has 0 aromatic rings. The van der Waals surface area contributed by atoms with Crippen LogP contribution in [0.5, 0.6) is 0 Å². The van der Waals surface area contributed by atoms with Gasteiger partial charge in [0.15, 0.2) is 0 Å². The fraction of sp³-hybridized carbons (Fsp3) is 1.00. The summed E-state index contributed by atoms with van der Waals surface area (Å²) in [6, 6.07) is 0.730. The van der Waals surface area contributed by atoms with Gasteiger partial charge in [0.05, 0.1) is 6.10 Å². The molecule has 1 fully saturated rings. The molecule has 0 atom stereocenters. The van der Waals surface area contributed by atoms with Crippen molar-refractivity contribution in [3.63, 3.8) is 0 Å². The molecule has 0 saturated heterocycles. The average Bonchev–Trinajstić information content (AvgIpc) is 2.05. The van der Waals surface area contributed by atoms with E-state index in [1.54, 1.807) is 0 Å². The first-order valence-electron chi connectivity index (χ1n) is 5.37. The van der Waals surface area contributed by atoms with Gasteiger partial charge in [-0.2, -0.15) is 0 Å². The molecule has 15 heavy (non-hydrogen) atoms. The highest BCUT2D eigenvalue weighted by molar-refractivity contribution is 4.78. The maximum Gasteiger partial charge on any atom is 0.522 e. The molecule has 0 spiro atoms. The zero-order chi connectivity index (χ0) is 11.5. The van der Waals surface area contributed by atoms with Gasteiger partial charge in [-0.25, -0.2) is 0 Å². The first kappa shape index (κ1) is 12.8. The molecule has 0 aliphatic heterocycles. The van der Waals surface area contributed by atoms with Gasteiger partial charge in [0.25, 0.3) is 0 Å². The molecule has 0 aromatic heterocycles. The molecule has 5 heteroatoms. The van der Waals surface area contributed by atoms with E-state index >= 15 is 0 Å². The molecular weight excluding hydrogens is 207 g/mol. The normalized spacial score (nSPS) is 28.4. The van der Waals surface area contributed by atoms with Gasteiger partial charge < -0.3 is 5.32 Å². The van der Waals surface area contributed by atoms with Gasteiger partial charge >= 0.3 is 6.36 Å². The lowest BCUT2D eigenvalue weighted by Crippen LogP contribution is -2.40. The lowest BCUT2D eigenvalue weighted by atomic mass is 9.92. The van der Waals surface area contributed by atoms with Crippen molar-refractivity contribution >= 4 is 0 Å². The van der Waals surface area contributed by atoms with Gasteiger partial charge in [0, 0.05) is 12.1 Å². The molecule has 0 bridgehead atoms. The van der Waals surface area contributed by atoms with E-state index in [1.165, 1.54) is 0 Å². The highest BCUT2D eigenvalue weighted by Gasteiger charge is 2.35. The van der Waals surface area contributed by atoms with E-state index < -0.39 is 12.5 Å². The summed E-state index contributed by atoms with van der Waals surface area (Å²) < 4.78 is 39.7. The van der Waals surface area contributed by atoms with Crippen molar-refractivity contribution in [2.45, 2.75) is 64.1 Å². The Morgan fingerprint density at radius 3 is 2.07 bits per heavy atom. The zero-order valence-electron chi connectivity index (χ0n) is 9.10. The summed E-state index contributed by atoms with van der Waals surface area (Å²) in [6.45, 7) is 4.08. The molecule has 0 amide bonds. The quantitative estimate of drug-likeness (QED) is 0.797. The number of hydrogen-bond acceptors (Lipinski definition) is 2. The highest BCUT2D eigenvalue weighted by atomic mass is 19.4. The summed E-state index contributed by atoms with van der Waals surface area (Å²) in [6.07, 6.45) is -2.62. The van der Waals surface area contributed by atoms with E-state index in [2.05, 4.69) is 10.1 Å². The topological polar surface area (TPSA) is 21.3 Å². The smallest absolute Gasteiger partial charge is 0.312 e. The molecule has 0 aromatic carbocycles. The van der Waals surface area contributed by atoms with Gasteiger partial charge in [0.1, 0.15) is 0 Å². The number of hydrogen-bond donors (Lipinski definition) is 1. The van der Waals surface area contributed by atoms with Gasteiger partial charge in [0.2, 0.25) is 0 Å². The van der Waals surface area contributed by atoms with Gasteiger partial charge in [-0.05, 0) is 25.7 Å². The predicted octanol–water partition coefficient (Wildman–Crippen LogP) is 2.83. The predicted molar refractivity (Wildman–Crippen MR) is 51.5 cm³/mol. The molecule has 1 N–H and O–H groups in total. The Labute approximate surface area is 88.2 Å². The van der Waals surface area contributed by atoms with Crippen molar-refractivity contribution in [1.82, 2.24) is 5.32 Å². The van der Waals surface area contributed by atoms with E-state index in [0.29, 0.717) is 24.9 Å². The molecular formula is C10H18F3NO. The lowest BCUT2D eigenvalue weighted by Gasteiger charge is -2.30. The van der Waals surface area contributed by atoms with E-state index in [4.69, 9.17) is 0 Å². The average molecular weight is 225 g/mol. The van der Waals surface area contributed by atoms with Crippen molar-refractivity contribution in [2.75, 3.05) is 0 Å². The first-order chi connectivity index (χ1) is 6.87. The number of ether oxygens (including phenoxy) is 1. The Hall–Kier alpha value is -0.290. The molecule has 2 nitrogen and oxygen atoms in total. The van der Waals surface area contributed by atoms with Crippen molar-refractivity contribution in [3.05, 3.63) is 0 Å². The van der Waals surface area contributed by atoms with E-state index in [9.17, 15) is 13.2 Å². The monoisotopic (exact) mass is 225 g/mol. The minimum atomic E-state index is -4.48. The fourth-order valence-electron chi connectivity index (χ4n) is 2.01. The zero-order valence-corrected chi connectivity index (χ0v) is 9.10. The van der Waals surface area contributed by atoms with Crippen LogP contribution in [0.25, 0.3) is 0 Å². The molecule has 0 heterocycles. The van der Waals surface area contributed by atoms with E-state index in [1.807, 2.05) is 13.8 Å². The first-order valence-corrected chi connectivity index (χ1v) is 5.37. The van der Waals surface area contributed by atoms with Crippen molar-refractivity contribution in [2.24, 2.45) is 0 Å². The third-order valence-corrected chi connectivity index (χ3v) is 2.54. The molecule has 0 radical (unpaired) electrons. The van der Waals surface area contributed by atoms with Crippen LogP contribution in [0.1, 0.15) is 39.5 Å². The second kappa shape index (κ2) is 5.16. The highest BCUT2D eigenvalue weighted by Crippen LogP contribution is 2.28. The Kier molecular flexibility index (Phi) is 4.40. The summed E-state index contributed by atoms with van der Waals surface area (Å²) in [5.41, 5.74) is 0. The molecule has 0 unspecified atom stereocenters. The third kappa shape index (κ3) is 5.37. The minimum absolute atomic E-state index is 0.345. The molecule has 1 aliphatic rings. The van der Waals surface area contributed by atoms with Crippen molar-refractivity contribution in [3.8, 4) is 0 Å². The summed E-state index contributed by atoms with van der Waals surface area (Å²) in [7, 11) is 0. The van der Waals surface area contributed by atoms with Gasteiger partial charge in [-0.3, -0.25) is 4.74 Å². The van der Waals surface area contributed by atoms with Crippen molar-refractivity contribution < 1.29 is 17.9 Å². The number of rotatable bonds is 3. The van der Waals surface area contributed by atoms with Crippen LogP contribution in [0.4, 0.5) is 13.2 Å². The number of alkyl halides is 3. The van der Waals surface area contributed by atoms with Crippen LogP contribution in [-0.4, -0.2) is 24.6 Å². The maximum atomic E-state index is 11.9. The Bertz CT molecular complexity index is 186. The van der Waals surface area contributed by atoms with Gasteiger partial charge in [-0.1, -0.05) is 13.8 Å². The second-order valence-corrected chi connectivity index (χ2v) is 4.36.